The highest BCUT2D eigenvalue weighted by Crippen LogP contribution is 2.16. The fourth-order valence-electron chi connectivity index (χ4n) is 2.49. The molecule has 6 heteroatoms. The van der Waals surface area contributed by atoms with Crippen molar-refractivity contribution in [2.45, 2.75) is 32.8 Å². The quantitative estimate of drug-likeness (QED) is 0.884. The zero-order chi connectivity index (χ0) is 16.1. The van der Waals surface area contributed by atoms with Crippen molar-refractivity contribution in [2.24, 2.45) is 0 Å². The predicted octanol–water partition coefficient (Wildman–Crippen LogP) is 2.70. The predicted molar refractivity (Wildman–Crippen MR) is 90.3 cm³/mol. The molecule has 1 aliphatic rings. The van der Waals surface area contributed by atoms with Crippen LogP contribution in [0.25, 0.3) is 0 Å². The SMILES string of the molecule is Cc1ccc(OCc2nc(CC(=O)NN3CCCC3)cs2)cc1. The lowest BCUT2D eigenvalue weighted by Gasteiger charge is -2.15. The highest BCUT2D eigenvalue weighted by molar-refractivity contribution is 7.09. The van der Waals surface area contributed by atoms with Gasteiger partial charge in [-0.15, -0.1) is 11.3 Å². The van der Waals surface area contributed by atoms with Crippen LogP contribution in [-0.4, -0.2) is 29.0 Å². The Bertz CT molecular complexity index is 648. The number of aromatic nitrogens is 1. The maximum atomic E-state index is 12.0. The third-order valence-electron chi connectivity index (χ3n) is 3.71. The average molecular weight is 331 g/mol. The summed E-state index contributed by atoms with van der Waals surface area (Å²) in [5, 5.41) is 4.79. The molecule has 0 saturated carbocycles. The smallest absolute Gasteiger partial charge is 0.240 e. The minimum absolute atomic E-state index is 0.00297. The van der Waals surface area contributed by atoms with Gasteiger partial charge in [0.15, 0.2) is 0 Å². The summed E-state index contributed by atoms with van der Waals surface area (Å²) in [6, 6.07) is 7.94. The summed E-state index contributed by atoms with van der Waals surface area (Å²) < 4.78 is 5.71. The first-order valence-corrected chi connectivity index (χ1v) is 8.74. The van der Waals surface area contributed by atoms with Crippen molar-refractivity contribution in [1.29, 1.82) is 0 Å². The lowest BCUT2D eigenvalue weighted by molar-refractivity contribution is -0.124. The largest absolute Gasteiger partial charge is 0.486 e. The summed E-state index contributed by atoms with van der Waals surface area (Å²) in [5.74, 6) is 0.835. The molecule has 0 aliphatic carbocycles. The molecule has 5 nitrogen and oxygen atoms in total. The molecule has 23 heavy (non-hydrogen) atoms. The van der Waals surface area contributed by atoms with Crippen molar-refractivity contribution in [2.75, 3.05) is 13.1 Å². The van der Waals surface area contributed by atoms with Crippen LogP contribution in [0.1, 0.15) is 29.1 Å². The zero-order valence-corrected chi connectivity index (χ0v) is 14.1. The van der Waals surface area contributed by atoms with Crippen LogP contribution in [0, 0.1) is 6.92 Å². The summed E-state index contributed by atoms with van der Waals surface area (Å²) in [6.07, 6.45) is 2.62. The van der Waals surface area contributed by atoms with E-state index in [-0.39, 0.29) is 5.91 Å². The molecule has 1 aromatic carbocycles. The molecule has 0 bridgehead atoms. The van der Waals surface area contributed by atoms with Crippen molar-refractivity contribution < 1.29 is 9.53 Å². The van der Waals surface area contributed by atoms with E-state index in [9.17, 15) is 4.79 Å². The van der Waals surface area contributed by atoms with E-state index >= 15 is 0 Å². The van der Waals surface area contributed by atoms with E-state index in [4.69, 9.17) is 4.74 Å². The summed E-state index contributed by atoms with van der Waals surface area (Å²) in [6.45, 7) is 4.36. The fraction of sp³-hybridized carbons (Fsp3) is 0.412. The maximum absolute atomic E-state index is 12.0. The zero-order valence-electron chi connectivity index (χ0n) is 13.2. The first-order valence-electron chi connectivity index (χ1n) is 7.86. The summed E-state index contributed by atoms with van der Waals surface area (Å²) in [5.41, 5.74) is 4.93. The molecule has 2 aromatic rings. The van der Waals surface area contributed by atoms with E-state index in [1.54, 1.807) is 0 Å². The molecular weight excluding hydrogens is 310 g/mol. The van der Waals surface area contributed by atoms with Crippen LogP contribution < -0.4 is 10.2 Å². The molecule has 0 spiro atoms. The maximum Gasteiger partial charge on any atom is 0.240 e. The van der Waals surface area contributed by atoms with Crippen LogP contribution in [0.5, 0.6) is 5.75 Å². The lowest BCUT2D eigenvalue weighted by atomic mass is 10.2. The van der Waals surface area contributed by atoms with Gasteiger partial charge in [0.1, 0.15) is 17.4 Å². The average Bonchev–Trinajstić information content (AvgIpc) is 3.19. The number of thiazole rings is 1. The van der Waals surface area contributed by atoms with Gasteiger partial charge < -0.3 is 4.74 Å². The number of nitrogens with one attached hydrogen (secondary N) is 1. The number of hydrazine groups is 1. The Kier molecular flexibility index (Phi) is 5.25. The van der Waals surface area contributed by atoms with Crippen molar-refractivity contribution in [3.05, 3.63) is 45.9 Å². The van der Waals surface area contributed by atoms with Crippen LogP contribution in [0.2, 0.25) is 0 Å². The van der Waals surface area contributed by atoms with E-state index in [0.29, 0.717) is 13.0 Å². The standard InChI is InChI=1S/C17H21N3O2S/c1-13-4-6-15(7-5-13)22-11-17-18-14(12-23-17)10-16(21)19-20-8-2-3-9-20/h4-7,12H,2-3,8-11H2,1H3,(H,19,21). The Labute approximate surface area is 140 Å². The molecule has 1 N–H and O–H groups in total. The van der Waals surface area contributed by atoms with E-state index in [1.165, 1.54) is 16.9 Å². The van der Waals surface area contributed by atoms with Crippen LogP contribution in [0.15, 0.2) is 29.6 Å². The summed E-state index contributed by atoms with van der Waals surface area (Å²) in [4.78, 5) is 16.4. The Morgan fingerprint density at radius 2 is 2.04 bits per heavy atom. The highest BCUT2D eigenvalue weighted by Gasteiger charge is 2.15. The minimum Gasteiger partial charge on any atom is -0.486 e. The van der Waals surface area contributed by atoms with Gasteiger partial charge in [-0.3, -0.25) is 10.2 Å². The van der Waals surface area contributed by atoms with E-state index in [1.807, 2.05) is 41.6 Å². The molecule has 1 aromatic heterocycles. The topological polar surface area (TPSA) is 54.5 Å². The van der Waals surface area contributed by atoms with Gasteiger partial charge in [0, 0.05) is 18.5 Å². The van der Waals surface area contributed by atoms with Gasteiger partial charge in [-0.2, -0.15) is 0 Å². The molecule has 1 saturated heterocycles. The van der Waals surface area contributed by atoms with E-state index < -0.39 is 0 Å². The summed E-state index contributed by atoms with van der Waals surface area (Å²) in [7, 11) is 0. The molecule has 1 amide bonds. The molecule has 2 heterocycles. The Morgan fingerprint density at radius 1 is 1.30 bits per heavy atom. The van der Waals surface area contributed by atoms with Crippen molar-refractivity contribution in [1.82, 2.24) is 15.4 Å². The first kappa shape index (κ1) is 16.0. The molecule has 122 valence electrons. The van der Waals surface area contributed by atoms with Gasteiger partial charge in [-0.1, -0.05) is 17.7 Å². The number of nitrogens with zero attached hydrogens (tertiary/aromatic N) is 2. The lowest BCUT2D eigenvalue weighted by Crippen LogP contribution is -2.40. The highest BCUT2D eigenvalue weighted by atomic mass is 32.1. The van der Waals surface area contributed by atoms with Gasteiger partial charge in [-0.25, -0.2) is 9.99 Å². The van der Waals surface area contributed by atoms with Crippen LogP contribution in [-0.2, 0) is 17.8 Å². The fourth-order valence-corrected chi connectivity index (χ4v) is 3.19. The van der Waals surface area contributed by atoms with Gasteiger partial charge in [0.05, 0.1) is 12.1 Å². The number of benzene rings is 1. The number of ether oxygens (including phenoxy) is 1. The second-order valence-electron chi connectivity index (χ2n) is 5.74. The molecule has 0 radical (unpaired) electrons. The second kappa shape index (κ2) is 7.57. The van der Waals surface area contributed by atoms with Crippen molar-refractivity contribution in [3.63, 3.8) is 0 Å². The van der Waals surface area contributed by atoms with Gasteiger partial charge in [-0.05, 0) is 31.9 Å². The van der Waals surface area contributed by atoms with Gasteiger partial charge in [0.25, 0.3) is 0 Å². The first-order chi connectivity index (χ1) is 11.2. The minimum atomic E-state index is 0.00297. The Balaban J connectivity index is 1.47. The number of carbonyl (C=O) groups is 1. The van der Waals surface area contributed by atoms with E-state index in [2.05, 4.69) is 10.4 Å². The van der Waals surface area contributed by atoms with Crippen LogP contribution >= 0.6 is 11.3 Å². The molecule has 1 aliphatic heterocycles. The number of amides is 1. The van der Waals surface area contributed by atoms with Crippen molar-refractivity contribution in [3.8, 4) is 5.75 Å². The summed E-state index contributed by atoms with van der Waals surface area (Å²) >= 11 is 1.53. The van der Waals surface area contributed by atoms with E-state index in [0.717, 1.165) is 42.4 Å². The molecule has 0 atom stereocenters. The molecular formula is C17H21N3O2S. The van der Waals surface area contributed by atoms with Crippen LogP contribution in [0.3, 0.4) is 0 Å². The van der Waals surface area contributed by atoms with Crippen molar-refractivity contribution >= 4 is 17.2 Å². The monoisotopic (exact) mass is 331 g/mol. The molecule has 3 rings (SSSR count). The van der Waals surface area contributed by atoms with Gasteiger partial charge >= 0.3 is 0 Å². The normalized spacial score (nSPS) is 14.8. The molecule has 1 fully saturated rings. The number of rotatable bonds is 6. The number of hydrogen-bond acceptors (Lipinski definition) is 5. The number of aryl methyl sites for hydroxylation is 1. The van der Waals surface area contributed by atoms with Gasteiger partial charge in [0.2, 0.25) is 5.91 Å². The second-order valence-corrected chi connectivity index (χ2v) is 6.68. The van der Waals surface area contributed by atoms with Crippen LogP contribution in [0.4, 0.5) is 0 Å². The third-order valence-corrected chi connectivity index (χ3v) is 4.58. The molecule has 0 unspecified atom stereocenters. The third kappa shape index (κ3) is 4.77. The Morgan fingerprint density at radius 3 is 2.78 bits per heavy atom. The Hall–Kier alpha value is -1.92. The number of hydrogen-bond donors (Lipinski definition) is 1. The number of carbonyl (C=O) groups excluding carboxylic acids is 1.